The van der Waals surface area contributed by atoms with Gasteiger partial charge >= 0.3 is 0 Å². The molecule has 1 aromatic rings. The Morgan fingerprint density at radius 1 is 1.58 bits per heavy atom. The quantitative estimate of drug-likeness (QED) is 0.715. The third-order valence-electron chi connectivity index (χ3n) is 1.82. The summed E-state index contributed by atoms with van der Waals surface area (Å²) in [7, 11) is 1.89. The highest BCUT2D eigenvalue weighted by molar-refractivity contribution is 6.30. The first-order chi connectivity index (χ1) is 5.69. The van der Waals surface area contributed by atoms with Gasteiger partial charge in [-0.1, -0.05) is 18.5 Å². The van der Waals surface area contributed by atoms with Crippen LogP contribution in [0.4, 0.5) is 5.69 Å². The van der Waals surface area contributed by atoms with E-state index in [0.717, 1.165) is 23.4 Å². The minimum absolute atomic E-state index is 0.613. The van der Waals surface area contributed by atoms with E-state index in [1.165, 1.54) is 0 Å². The monoisotopic (exact) mass is 184 g/mol. The highest BCUT2D eigenvalue weighted by Gasteiger charge is 2.05. The van der Waals surface area contributed by atoms with Gasteiger partial charge in [-0.15, -0.1) is 0 Å². The smallest absolute Gasteiger partial charge is 0.134 e. The second kappa shape index (κ2) is 3.76. The third-order valence-corrected chi connectivity index (χ3v) is 2.14. The van der Waals surface area contributed by atoms with Gasteiger partial charge in [0.25, 0.3) is 0 Å². The Hall–Kier alpha value is -0.760. The summed E-state index contributed by atoms with van der Waals surface area (Å²) in [4.78, 5) is 4.18. The van der Waals surface area contributed by atoms with Crippen molar-refractivity contribution >= 4 is 17.3 Å². The summed E-state index contributed by atoms with van der Waals surface area (Å²) in [6, 6.07) is 2.00. The molecule has 0 aliphatic heterocycles. The minimum Gasteiger partial charge on any atom is -0.388 e. The van der Waals surface area contributed by atoms with Crippen molar-refractivity contribution in [1.82, 2.24) is 4.98 Å². The van der Waals surface area contributed by atoms with Crippen molar-refractivity contribution in [1.29, 1.82) is 0 Å². The number of pyridine rings is 1. The molecule has 3 heteroatoms. The molecule has 1 heterocycles. The summed E-state index contributed by atoms with van der Waals surface area (Å²) < 4.78 is 0. The minimum atomic E-state index is 0.613. The van der Waals surface area contributed by atoms with Gasteiger partial charge in [0.2, 0.25) is 0 Å². The first-order valence-electron chi connectivity index (χ1n) is 4.02. The summed E-state index contributed by atoms with van der Waals surface area (Å²) in [5, 5.41) is 3.72. The molecule has 0 spiro atoms. The van der Waals surface area contributed by atoms with E-state index < -0.39 is 0 Å². The summed E-state index contributed by atoms with van der Waals surface area (Å²) in [6.07, 6.45) is 0.905. The Morgan fingerprint density at radius 3 is 2.75 bits per heavy atom. The zero-order valence-electron chi connectivity index (χ0n) is 7.61. The second-order valence-electron chi connectivity index (χ2n) is 2.68. The molecule has 0 bridgehead atoms. The molecule has 66 valence electrons. The highest BCUT2D eigenvalue weighted by Crippen LogP contribution is 2.23. The standard InChI is InChI=1S/C9H13ClN2/c1-4-7-8(11-3)5-6(2)12-9(7)10/h5H,4H2,1-3H3,(H,11,12). The number of nitrogens with zero attached hydrogens (tertiary/aromatic N) is 1. The number of halogens is 1. The Labute approximate surface area is 78.0 Å². The number of hydrogen-bond donors (Lipinski definition) is 1. The normalized spacial score (nSPS) is 10.0. The maximum atomic E-state index is 5.96. The summed E-state index contributed by atoms with van der Waals surface area (Å²) in [5.74, 6) is 0. The fourth-order valence-corrected chi connectivity index (χ4v) is 1.59. The lowest BCUT2D eigenvalue weighted by molar-refractivity contribution is 1.08. The molecule has 1 N–H and O–H groups in total. The van der Waals surface area contributed by atoms with Crippen LogP contribution in [0.3, 0.4) is 0 Å². The predicted octanol–water partition coefficient (Wildman–Crippen LogP) is 2.65. The number of hydrogen-bond acceptors (Lipinski definition) is 2. The molecular weight excluding hydrogens is 172 g/mol. The maximum Gasteiger partial charge on any atom is 0.134 e. The van der Waals surface area contributed by atoms with Crippen LogP contribution in [0, 0.1) is 6.92 Å². The first-order valence-corrected chi connectivity index (χ1v) is 4.40. The van der Waals surface area contributed by atoms with E-state index in [9.17, 15) is 0 Å². The molecule has 1 aromatic heterocycles. The Bertz CT molecular complexity index is 284. The zero-order valence-corrected chi connectivity index (χ0v) is 8.37. The molecule has 0 aliphatic carbocycles. The van der Waals surface area contributed by atoms with Gasteiger partial charge in [0, 0.05) is 24.0 Å². The van der Waals surface area contributed by atoms with Gasteiger partial charge in [0.1, 0.15) is 5.15 Å². The van der Waals surface area contributed by atoms with Crippen LogP contribution in [0.25, 0.3) is 0 Å². The third kappa shape index (κ3) is 1.69. The van der Waals surface area contributed by atoms with E-state index in [-0.39, 0.29) is 0 Å². The average Bonchev–Trinajstić information content (AvgIpc) is 2.03. The molecule has 0 saturated carbocycles. The van der Waals surface area contributed by atoms with Gasteiger partial charge in [-0.05, 0) is 19.4 Å². The van der Waals surface area contributed by atoms with Crippen LogP contribution in [0.2, 0.25) is 5.15 Å². The molecule has 0 radical (unpaired) electrons. The lowest BCUT2D eigenvalue weighted by atomic mass is 10.1. The fourth-order valence-electron chi connectivity index (χ4n) is 1.22. The molecule has 0 amide bonds. The van der Waals surface area contributed by atoms with Crippen molar-refractivity contribution in [2.75, 3.05) is 12.4 Å². The molecule has 0 saturated heterocycles. The van der Waals surface area contributed by atoms with E-state index in [1.807, 2.05) is 20.0 Å². The lowest BCUT2D eigenvalue weighted by Crippen LogP contribution is -1.98. The van der Waals surface area contributed by atoms with E-state index >= 15 is 0 Å². The average molecular weight is 185 g/mol. The van der Waals surface area contributed by atoms with Crippen LogP contribution >= 0.6 is 11.6 Å². The highest BCUT2D eigenvalue weighted by atomic mass is 35.5. The predicted molar refractivity (Wildman–Crippen MR) is 52.9 cm³/mol. The van der Waals surface area contributed by atoms with Crippen molar-refractivity contribution in [3.05, 3.63) is 22.5 Å². The van der Waals surface area contributed by atoms with Crippen molar-refractivity contribution in [3.63, 3.8) is 0 Å². The number of nitrogens with one attached hydrogen (secondary N) is 1. The largest absolute Gasteiger partial charge is 0.388 e. The number of aromatic nitrogens is 1. The Kier molecular flexibility index (Phi) is 2.93. The first kappa shape index (κ1) is 9.33. The zero-order chi connectivity index (χ0) is 9.14. The lowest BCUT2D eigenvalue weighted by Gasteiger charge is -2.09. The molecule has 0 unspecified atom stereocenters. The van der Waals surface area contributed by atoms with Crippen LogP contribution in [-0.2, 0) is 6.42 Å². The summed E-state index contributed by atoms with van der Waals surface area (Å²) >= 11 is 5.96. The van der Waals surface area contributed by atoms with E-state index in [2.05, 4.69) is 17.2 Å². The maximum absolute atomic E-state index is 5.96. The van der Waals surface area contributed by atoms with Gasteiger partial charge in [-0.2, -0.15) is 0 Å². The number of rotatable bonds is 2. The van der Waals surface area contributed by atoms with Gasteiger partial charge < -0.3 is 5.32 Å². The van der Waals surface area contributed by atoms with E-state index in [1.54, 1.807) is 0 Å². The van der Waals surface area contributed by atoms with Gasteiger partial charge in [-0.3, -0.25) is 0 Å². The van der Waals surface area contributed by atoms with Crippen molar-refractivity contribution < 1.29 is 0 Å². The van der Waals surface area contributed by atoms with Crippen molar-refractivity contribution in [3.8, 4) is 0 Å². The Balaban J connectivity index is 3.24. The topological polar surface area (TPSA) is 24.9 Å². The number of anilines is 1. The van der Waals surface area contributed by atoms with E-state index in [4.69, 9.17) is 11.6 Å². The van der Waals surface area contributed by atoms with Gasteiger partial charge in [0.15, 0.2) is 0 Å². The molecule has 0 aromatic carbocycles. The van der Waals surface area contributed by atoms with Crippen LogP contribution in [0.1, 0.15) is 18.2 Å². The fraction of sp³-hybridized carbons (Fsp3) is 0.444. The molecule has 0 aliphatic rings. The molecule has 0 atom stereocenters. The Morgan fingerprint density at radius 2 is 2.25 bits per heavy atom. The van der Waals surface area contributed by atoms with Gasteiger partial charge in [-0.25, -0.2) is 4.98 Å². The second-order valence-corrected chi connectivity index (χ2v) is 3.04. The SMILES string of the molecule is CCc1c(NC)cc(C)nc1Cl. The molecule has 0 fully saturated rings. The van der Waals surface area contributed by atoms with Crippen molar-refractivity contribution in [2.24, 2.45) is 0 Å². The summed E-state index contributed by atoms with van der Waals surface area (Å²) in [5.41, 5.74) is 3.11. The molecule has 12 heavy (non-hydrogen) atoms. The summed E-state index contributed by atoms with van der Waals surface area (Å²) in [6.45, 7) is 4.01. The van der Waals surface area contributed by atoms with Crippen LogP contribution in [0.15, 0.2) is 6.07 Å². The van der Waals surface area contributed by atoms with Crippen LogP contribution in [0.5, 0.6) is 0 Å². The van der Waals surface area contributed by atoms with Gasteiger partial charge in [0.05, 0.1) is 0 Å². The molecule has 1 rings (SSSR count). The number of aryl methyl sites for hydroxylation is 1. The van der Waals surface area contributed by atoms with Crippen LogP contribution < -0.4 is 5.32 Å². The molecule has 2 nitrogen and oxygen atoms in total. The van der Waals surface area contributed by atoms with Crippen LogP contribution in [-0.4, -0.2) is 12.0 Å². The molecular formula is C9H13ClN2. The van der Waals surface area contributed by atoms with E-state index in [0.29, 0.717) is 5.15 Å². The van der Waals surface area contributed by atoms with Crippen molar-refractivity contribution in [2.45, 2.75) is 20.3 Å².